The number of ether oxygens (including phenoxy) is 2. The normalized spacial score (nSPS) is 11.8. The van der Waals surface area contributed by atoms with Crippen LogP contribution in [0.1, 0.15) is 29.3 Å². The Balaban J connectivity index is 1.60. The first-order chi connectivity index (χ1) is 14.6. The summed E-state index contributed by atoms with van der Waals surface area (Å²) >= 11 is 2.74. The molecule has 0 aliphatic carbocycles. The van der Waals surface area contributed by atoms with Gasteiger partial charge in [-0.1, -0.05) is 18.2 Å². The molecule has 0 bridgehead atoms. The highest BCUT2D eigenvalue weighted by Crippen LogP contribution is 2.28. The maximum absolute atomic E-state index is 12.7. The molecule has 0 saturated carbocycles. The average Bonchev–Trinajstić information content (AvgIpc) is 3.44. The van der Waals surface area contributed by atoms with Crippen molar-refractivity contribution in [3.63, 3.8) is 0 Å². The second-order valence-electron chi connectivity index (χ2n) is 6.10. The number of hydrogen-bond acceptors (Lipinski definition) is 9. The van der Waals surface area contributed by atoms with Crippen molar-refractivity contribution in [1.82, 2.24) is 15.5 Å². The molecular formula is C20H21N3O5S2. The second-order valence-corrected chi connectivity index (χ2v) is 8.06. The molecule has 10 heteroatoms. The minimum Gasteiger partial charge on any atom is -0.449 e. The van der Waals surface area contributed by atoms with Crippen LogP contribution in [0.15, 0.2) is 51.1 Å². The number of hydrogen-bond donors (Lipinski definition) is 1. The number of esters is 1. The number of carbonyl (C=O) groups excluding carboxylic acids is 2. The van der Waals surface area contributed by atoms with Gasteiger partial charge in [0.15, 0.2) is 6.10 Å². The van der Waals surface area contributed by atoms with Crippen LogP contribution in [0.2, 0.25) is 0 Å². The molecule has 0 aliphatic rings. The second kappa shape index (κ2) is 10.9. The van der Waals surface area contributed by atoms with E-state index in [4.69, 9.17) is 13.9 Å². The molecule has 0 saturated heterocycles. The largest absolute Gasteiger partial charge is 0.449 e. The van der Waals surface area contributed by atoms with Gasteiger partial charge in [0.05, 0.1) is 22.8 Å². The van der Waals surface area contributed by atoms with Gasteiger partial charge in [0.1, 0.15) is 0 Å². The van der Waals surface area contributed by atoms with Crippen LogP contribution in [0.25, 0.3) is 10.8 Å². The van der Waals surface area contributed by atoms with Crippen LogP contribution in [0.5, 0.6) is 0 Å². The lowest BCUT2D eigenvalue weighted by Crippen LogP contribution is -2.28. The molecule has 1 amide bonds. The molecule has 2 heterocycles. The predicted octanol–water partition coefficient (Wildman–Crippen LogP) is 3.57. The van der Waals surface area contributed by atoms with Gasteiger partial charge < -0.3 is 19.2 Å². The highest BCUT2D eigenvalue weighted by atomic mass is 32.2. The zero-order valence-corrected chi connectivity index (χ0v) is 18.1. The molecule has 1 N–H and O–H groups in total. The number of thioether (sulfide) groups is 1. The number of benzene rings is 1. The van der Waals surface area contributed by atoms with Crippen LogP contribution in [0, 0.1) is 0 Å². The summed E-state index contributed by atoms with van der Waals surface area (Å²) in [5, 5.41) is 12.6. The van der Waals surface area contributed by atoms with Crippen molar-refractivity contribution in [2.24, 2.45) is 0 Å². The molecule has 1 unspecified atom stereocenters. The Labute approximate surface area is 182 Å². The van der Waals surface area contributed by atoms with Crippen LogP contribution >= 0.6 is 23.1 Å². The van der Waals surface area contributed by atoms with Crippen LogP contribution in [0.4, 0.5) is 0 Å². The van der Waals surface area contributed by atoms with Gasteiger partial charge in [0.2, 0.25) is 5.91 Å². The van der Waals surface area contributed by atoms with E-state index >= 15 is 0 Å². The van der Waals surface area contributed by atoms with Gasteiger partial charge in [-0.15, -0.1) is 33.3 Å². The summed E-state index contributed by atoms with van der Waals surface area (Å²) in [5.74, 6) is 0.117. The van der Waals surface area contributed by atoms with Crippen LogP contribution in [-0.2, 0) is 14.3 Å². The van der Waals surface area contributed by atoms with E-state index < -0.39 is 12.1 Å². The molecule has 1 aromatic carbocycles. The van der Waals surface area contributed by atoms with Crippen LogP contribution in [0.3, 0.4) is 0 Å². The minimum absolute atomic E-state index is 0.138. The number of nitrogens with zero attached hydrogens (tertiary/aromatic N) is 2. The maximum atomic E-state index is 12.7. The number of aromatic nitrogens is 2. The monoisotopic (exact) mass is 447 g/mol. The van der Waals surface area contributed by atoms with Crippen molar-refractivity contribution in [3.05, 3.63) is 53.2 Å². The Morgan fingerprint density at radius 3 is 2.83 bits per heavy atom. The standard InChI is InChI=1S/C20H21N3O5S2/c1-13(18-22-23-19(28-18)16-8-5-11-29-16)27-20(25)14-6-3-4-7-15(14)30-12-17(24)21-9-10-26-2/h3-8,11,13H,9-10,12H2,1-2H3,(H,21,24). The summed E-state index contributed by atoms with van der Waals surface area (Å²) < 4.78 is 16.0. The molecule has 3 rings (SSSR count). The highest BCUT2D eigenvalue weighted by Gasteiger charge is 2.22. The van der Waals surface area contributed by atoms with Crippen molar-refractivity contribution in [1.29, 1.82) is 0 Å². The summed E-state index contributed by atoms with van der Waals surface area (Å²) in [6.07, 6.45) is -0.714. The van der Waals surface area contributed by atoms with Gasteiger partial charge in [0.25, 0.3) is 11.8 Å². The fraction of sp³-hybridized carbons (Fsp3) is 0.300. The zero-order valence-electron chi connectivity index (χ0n) is 16.5. The fourth-order valence-corrected chi connectivity index (χ4v) is 3.94. The van der Waals surface area contributed by atoms with E-state index in [1.54, 1.807) is 38.3 Å². The SMILES string of the molecule is COCCNC(=O)CSc1ccccc1C(=O)OC(C)c1nnc(-c2cccs2)o1. The van der Waals surface area contributed by atoms with Crippen molar-refractivity contribution in [2.45, 2.75) is 17.9 Å². The van der Waals surface area contributed by atoms with E-state index in [1.807, 2.05) is 17.5 Å². The predicted molar refractivity (Wildman–Crippen MR) is 113 cm³/mol. The summed E-state index contributed by atoms with van der Waals surface area (Å²) in [6, 6.07) is 10.7. The van der Waals surface area contributed by atoms with Gasteiger partial charge in [-0.05, 0) is 30.5 Å². The number of thiophene rings is 1. The molecule has 3 aromatic rings. The third-order valence-corrected chi connectivity index (χ3v) is 5.83. The molecule has 0 aliphatic heterocycles. The summed E-state index contributed by atoms with van der Waals surface area (Å²) in [4.78, 5) is 26.1. The van der Waals surface area contributed by atoms with Gasteiger partial charge in [-0.2, -0.15) is 0 Å². The summed E-state index contributed by atoms with van der Waals surface area (Å²) in [7, 11) is 1.57. The Bertz CT molecular complexity index is 974. The molecule has 0 spiro atoms. The Hall–Kier alpha value is -2.69. The van der Waals surface area contributed by atoms with E-state index in [-0.39, 0.29) is 17.6 Å². The maximum Gasteiger partial charge on any atom is 0.340 e. The molecule has 1 atom stereocenters. The Morgan fingerprint density at radius 1 is 1.23 bits per heavy atom. The van der Waals surface area contributed by atoms with E-state index in [9.17, 15) is 9.59 Å². The number of methoxy groups -OCH3 is 1. The lowest BCUT2D eigenvalue weighted by atomic mass is 10.2. The van der Waals surface area contributed by atoms with E-state index in [1.165, 1.54) is 23.1 Å². The first-order valence-electron chi connectivity index (χ1n) is 9.14. The fourth-order valence-electron chi connectivity index (χ4n) is 2.42. The van der Waals surface area contributed by atoms with Gasteiger partial charge in [-0.3, -0.25) is 4.79 Å². The number of carbonyl (C=O) groups is 2. The molecular weight excluding hydrogens is 426 g/mol. The Morgan fingerprint density at radius 2 is 2.07 bits per heavy atom. The van der Waals surface area contributed by atoms with Gasteiger partial charge in [0, 0.05) is 18.6 Å². The molecule has 0 fully saturated rings. The van der Waals surface area contributed by atoms with E-state index in [0.717, 1.165) is 4.88 Å². The van der Waals surface area contributed by atoms with Crippen molar-refractivity contribution >= 4 is 35.0 Å². The topological polar surface area (TPSA) is 104 Å². The number of nitrogens with one attached hydrogen (secondary N) is 1. The summed E-state index contributed by atoms with van der Waals surface area (Å²) in [6.45, 7) is 2.55. The van der Waals surface area contributed by atoms with Gasteiger partial charge >= 0.3 is 5.97 Å². The number of rotatable bonds is 10. The van der Waals surface area contributed by atoms with E-state index in [0.29, 0.717) is 29.5 Å². The quantitative estimate of drug-likeness (QED) is 0.286. The van der Waals surface area contributed by atoms with Crippen LogP contribution < -0.4 is 5.32 Å². The third kappa shape index (κ3) is 5.91. The third-order valence-electron chi connectivity index (χ3n) is 3.90. The first-order valence-corrected chi connectivity index (χ1v) is 11.0. The average molecular weight is 448 g/mol. The Kier molecular flexibility index (Phi) is 8.00. The zero-order chi connectivity index (χ0) is 21.3. The lowest BCUT2D eigenvalue weighted by Gasteiger charge is -2.12. The van der Waals surface area contributed by atoms with Crippen molar-refractivity contribution < 1.29 is 23.5 Å². The van der Waals surface area contributed by atoms with Crippen molar-refractivity contribution in [2.75, 3.05) is 26.0 Å². The van der Waals surface area contributed by atoms with E-state index in [2.05, 4.69) is 15.5 Å². The molecule has 158 valence electrons. The smallest absolute Gasteiger partial charge is 0.340 e. The highest BCUT2D eigenvalue weighted by molar-refractivity contribution is 8.00. The van der Waals surface area contributed by atoms with Crippen molar-refractivity contribution in [3.8, 4) is 10.8 Å². The van der Waals surface area contributed by atoms with Crippen LogP contribution in [-0.4, -0.2) is 48.1 Å². The first kappa shape index (κ1) is 22.0. The lowest BCUT2D eigenvalue weighted by molar-refractivity contribution is -0.118. The summed E-state index contributed by atoms with van der Waals surface area (Å²) in [5.41, 5.74) is 0.372. The molecule has 2 aromatic heterocycles. The molecule has 30 heavy (non-hydrogen) atoms. The number of amides is 1. The molecule has 0 radical (unpaired) electrons. The van der Waals surface area contributed by atoms with Gasteiger partial charge in [-0.25, -0.2) is 4.79 Å². The minimum atomic E-state index is -0.714. The molecule has 8 nitrogen and oxygen atoms in total.